The van der Waals surface area contributed by atoms with E-state index in [1.165, 1.54) is 16.9 Å². The lowest BCUT2D eigenvalue weighted by molar-refractivity contribution is 0.0650. The molecular formula is C23H29N3O3S. The van der Waals surface area contributed by atoms with Crippen LogP contribution >= 0.6 is 0 Å². The standard InChI is InChI=1S/C23H29N3O3S/c1-3-30(28,29)24(2)22-13-11-21(12-14-22)23(27)26-18-16-25(17-19-26)15-7-10-20-8-5-4-6-9-20/h4-14H,3,15-19H2,1-2H3/b10-7+. The summed E-state index contributed by atoms with van der Waals surface area (Å²) in [6.07, 6.45) is 4.28. The highest BCUT2D eigenvalue weighted by molar-refractivity contribution is 7.92. The first kappa shape index (κ1) is 22.1. The Morgan fingerprint density at radius 3 is 2.23 bits per heavy atom. The average molecular weight is 428 g/mol. The van der Waals surface area contributed by atoms with E-state index in [2.05, 4.69) is 29.2 Å². The van der Waals surface area contributed by atoms with Crippen molar-refractivity contribution in [3.63, 3.8) is 0 Å². The molecule has 6 nitrogen and oxygen atoms in total. The lowest BCUT2D eigenvalue weighted by Gasteiger charge is -2.34. The Labute approximate surface area is 179 Å². The molecule has 1 amide bonds. The van der Waals surface area contributed by atoms with Crippen LogP contribution in [0.4, 0.5) is 5.69 Å². The highest BCUT2D eigenvalue weighted by Crippen LogP contribution is 2.18. The van der Waals surface area contributed by atoms with E-state index in [0.717, 1.165) is 19.6 Å². The number of benzene rings is 2. The third-order valence-electron chi connectivity index (χ3n) is 5.39. The monoisotopic (exact) mass is 427 g/mol. The topological polar surface area (TPSA) is 60.9 Å². The predicted octanol–water partition coefficient (Wildman–Crippen LogP) is 2.94. The van der Waals surface area contributed by atoms with Gasteiger partial charge in [-0.2, -0.15) is 0 Å². The van der Waals surface area contributed by atoms with Gasteiger partial charge in [0, 0.05) is 45.3 Å². The van der Waals surface area contributed by atoms with Gasteiger partial charge < -0.3 is 4.90 Å². The van der Waals surface area contributed by atoms with Crippen molar-refractivity contribution >= 4 is 27.7 Å². The second-order valence-corrected chi connectivity index (χ2v) is 9.61. The lowest BCUT2D eigenvalue weighted by atomic mass is 10.1. The molecule has 0 atom stereocenters. The molecule has 1 saturated heterocycles. The molecule has 0 unspecified atom stereocenters. The van der Waals surface area contributed by atoms with Crippen LogP contribution in [-0.2, 0) is 10.0 Å². The van der Waals surface area contributed by atoms with Crippen LogP contribution in [0, 0.1) is 0 Å². The van der Waals surface area contributed by atoms with Gasteiger partial charge in [0.2, 0.25) is 10.0 Å². The molecule has 2 aromatic rings. The third-order valence-corrected chi connectivity index (χ3v) is 7.17. The molecule has 0 N–H and O–H groups in total. The van der Waals surface area contributed by atoms with Crippen molar-refractivity contribution in [3.05, 3.63) is 71.8 Å². The van der Waals surface area contributed by atoms with Crippen molar-refractivity contribution in [2.45, 2.75) is 6.92 Å². The summed E-state index contributed by atoms with van der Waals surface area (Å²) < 4.78 is 25.2. The third kappa shape index (κ3) is 5.49. The fraction of sp³-hybridized carbons (Fsp3) is 0.348. The normalized spacial score (nSPS) is 15.5. The minimum absolute atomic E-state index is 0.0120. The van der Waals surface area contributed by atoms with Crippen molar-refractivity contribution in [2.75, 3.05) is 49.8 Å². The van der Waals surface area contributed by atoms with E-state index >= 15 is 0 Å². The van der Waals surface area contributed by atoms with Gasteiger partial charge in [0.1, 0.15) is 0 Å². The summed E-state index contributed by atoms with van der Waals surface area (Å²) >= 11 is 0. The number of sulfonamides is 1. The van der Waals surface area contributed by atoms with E-state index in [4.69, 9.17) is 0 Å². The summed E-state index contributed by atoms with van der Waals surface area (Å²) in [5.74, 6) is 0.0247. The number of nitrogens with zero attached hydrogens (tertiary/aromatic N) is 3. The Morgan fingerprint density at radius 1 is 1.00 bits per heavy atom. The van der Waals surface area contributed by atoms with Gasteiger partial charge in [0.25, 0.3) is 5.91 Å². The first-order valence-corrected chi connectivity index (χ1v) is 11.8. The number of piperazine rings is 1. The molecule has 1 aliphatic rings. The molecule has 1 fully saturated rings. The second-order valence-electron chi connectivity index (χ2n) is 7.32. The first-order valence-electron chi connectivity index (χ1n) is 10.2. The zero-order valence-corrected chi connectivity index (χ0v) is 18.4. The van der Waals surface area contributed by atoms with Crippen LogP contribution in [0.3, 0.4) is 0 Å². The van der Waals surface area contributed by atoms with Crippen molar-refractivity contribution in [2.24, 2.45) is 0 Å². The second kappa shape index (κ2) is 9.91. The molecule has 0 spiro atoms. The van der Waals surface area contributed by atoms with Crippen LogP contribution in [0.1, 0.15) is 22.8 Å². The van der Waals surface area contributed by atoms with E-state index in [1.54, 1.807) is 31.2 Å². The number of hydrogen-bond acceptors (Lipinski definition) is 4. The lowest BCUT2D eigenvalue weighted by Crippen LogP contribution is -2.48. The molecule has 160 valence electrons. The van der Waals surface area contributed by atoms with Gasteiger partial charge in [0.05, 0.1) is 11.4 Å². The summed E-state index contributed by atoms with van der Waals surface area (Å²) in [6.45, 7) is 5.51. The van der Waals surface area contributed by atoms with E-state index in [0.29, 0.717) is 24.3 Å². The highest BCUT2D eigenvalue weighted by Gasteiger charge is 2.22. The maximum absolute atomic E-state index is 12.8. The zero-order valence-electron chi connectivity index (χ0n) is 17.6. The fourth-order valence-corrected chi connectivity index (χ4v) is 4.22. The van der Waals surface area contributed by atoms with Crippen molar-refractivity contribution in [1.29, 1.82) is 0 Å². The molecule has 0 saturated carbocycles. The van der Waals surface area contributed by atoms with Crippen LogP contribution < -0.4 is 4.31 Å². The Kier molecular flexibility index (Phi) is 7.29. The van der Waals surface area contributed by atoms with Crippen LogP contribution in [0.25, 0.3) is 6.08 Å². The minimum atomic E-state index is -3.31. The number of hydrogen-bond donors (Lipinski definition) is 0. The SMILES string of the molecule is CCS(=O)(=O)N(C)c1ccc(C(=O)N2CCN(C/C=C/c3ccccc3)CC2)cc1. The Bertz CT molecular complexity index is 965. The maximum atomic E-state index is 12.8. The van der Waals surface area contributed by atoms with Gasteiger partial charge >= 0.3 is 0 Å². The number of anilines is 1. The summed E-state index contributed by atoms with van der Waals surface area (Å²) in [5, 5.41) is 0. The average Bonchev–Trinajstić information content (AvgIpc) is 2.79. The highest BCUT2D eigenvalue weighted by atomic mass is 32.2. The number of carbonyl (C=O) groups excluding carboxylic acids is 1. The Hall–Kier alpha value is -2.64. The minimum Gasteiger partial charge on any atom is -0.336 e. The van der Waals surface area contributed by atoms with Gasteiger partial charge in [0.15, 0.2) is 0 Å². The zero-order chi connectivity index (χ0) is 21.6. The molecule has 7 heteroatoms. The largest absolute Gasteiger partial charge is 0.336 e. The molecule has 2 aromatic carbocycles. The first-order chi connectivity index (χ1) is 14.4. The van der Waals surface area contributed by atoms with Crippen LogP contribution in [0.15, 0.2) is 60.7 Å². The van der Waals surface area contributed by atoms with E-state index in [-0.39, 0.29) is 11.7 Å². The maximum Gasteiger partial charge on any atom is 0.253 e. The van der Waals surface area contributed by atoms with E-state index in [9.17, 15) is 13.2 Å². The van der Waals surface area contributed by atoms with Gasteiger partial charge in [-0.05, 0) is 36.8 Å². The smallest absolute Gasteiger partial charge is 0.253 e. The molecule has 0 bridgehead atoms. The van der Waals surface area contributed by atoms with Crippen molar-refractivity contribution in [3.8, 4) is 0 Å². The summed E-state index contributed by atoms with van der Waals surface area (Å²) in [5.41, 5.74) is 2.33. The summed E-state index contributed by atoms with van der Waals surface area (Å²) in [7, 11) is -1.78. The van der Waals surface area contributed by atoms with Gasteiger partial charge in [-0.25, -0.2) is 8.42 Å². The van der Waals surface area contributed by atoms with Gasteiger partial charge in [-0.15, -0.1) is 0 Å². The van der Waals surface area contributed by atoms with E-state index < -0.39 is 10.0 Å². The molecule has 1 aliphatic heterocycles. The summed E-state index contributed by atoms with van der Waals surface area (Å²) in [4.78, 5) is 17.0. The number of rotatable bonds is 7. The molecule has 30 heavy (non-hydrogen) atoms. The van der Waals surface area contributed by atoms with Crippen molar-refractivity contribution < 1.29 is 13.2 Å². The van der Waals surface area contributed by atoms with E-state index in [1.807, 2.05) is 23.1 Å². The van der Waals surface area contributed by atoms with Gasteiger partial charge in [-0.1, -0.05) is 42.5 Å². The molecule has 0 radical (unpaired) electrons. The molecular weight excluding hydrogens is 398 g/mol. The molecule has 1 heterocycles. The number of carbonyl (C=O) groups is 1. The number of amides is 1. The van der Waals surface area contributed by atoms with Crippen LogP contribution in [0.5, 0.6) is 0 Å². The van der Waals surface area contributed by atoms with Gasteiger partial charge in [-0.3, -0.25) is 14.0 Å². The van der Waals surface area contributed by atoms with Crippen LogP contribution in [0.2, 0.25) is 0 Å². The Balaban J connectivity index is 1.52. The Morgan fingerprint density at radius 2 is 1.63 bits per heavy atom. The quantitative estimate of drug-likeness (QED) is 0.682. The molecule has 3 rings (SSSR count). The molecule has 0 aromatic heterocycles. The predicted molar refractivity (Wildman–Crippen MR) is 122 cm³/mol. The van der Waals surface area contributed by atoms with Crippen molar-refractivity contribution in [1.82, 2.24) is 9.80 Å². The fourth-order valence-electron chi connectivity index (χ4n) is 3.39. The summed E-state index contributed by atoms with van der Waals surface area (Å²) in [6, 6.07) is 17.0. The van der Waals surface area contributed by atoms with Crippen LogP contribution in [-0.4, -0.2) is 69.6 Å². The molecule has 0 aliphatic carbocycles.